The molecule has 8 nitrogen and oxygen atoms in total. The van der Waals surface area contributed by atoms with E-state index in [1.54, 1.807) is 47.8 Å². The summed E-state index contributed by atoms with van der Waals surface area (Å²) in [5.74, 6) is 0.0670. The normalized spacial score (nSPS) is 17.0. The van der Waals surface area contributed by atoms with E-state index in [9.17, 15) is 13.2 Å². The average Bonchev–Trinajstić information content (AvgIpc) is 2.79. The maximum atomic E-state index is 12.9. The minimum absolute atomic E-state index is 0.0954. The lowest BCUT2D eigenvalue weighted by Crippen LogP contribution is -2.39. The van der Waals surface area contributed by atoms with Crippen LogP contribution >= 0.6 is 0 Å². The summed E-state index contributed by atoms with van der Waals surface area (Å²) < 4.78 is 24.8. The van der Waals surface area contributed by atoms with Crippen molar-refractivity contribution in [3.63, 3.8) is 0 Å². The molecule has 1 atom stereocenters. The van der Waals surface area contributed by atoms with E-state index in [0.29, 0.717) is 35.9 Å². The van der Waals surface area contributed by atoms with E-state index < -0.39 is 9.84 Å². The fourth-order valence-corrected chi connectivity index (χ4v) is 4.48. The van der Waals surface area contributed by atoms with Crippen molar-refractivity contribution in [1.29, 1.82) is 0 Å². The Balaban J connectivity index is 1.70. The average molecular weight is 423 g/mol. The van der Waals surface area contributed by atoms with E-state index in [-0.39, 0.29) is 16.7 Å². The number of carbonyl (C=O) groups is 1. The van der Waals surface area contributed by atoms with Crippen LogP contribution in [0, 0.1) is 0 Å². The number of pyridine rings is 2. The van der Waals surface area contributed by atoms with Gasteiger partial charge in [-0.05, 0) is 37.1 Å². The molecule has 3 aromatic rings. The van der Waals surface area contributed by atoms with Gasteiger partial charge >= 0.3 is 0 Å². The van der Waals surface area contributed by atoms with E-state index in [4.69, 9.17) is 0 Å². The van der Waals surface area contributed by atoms with Gasteiger partial charge in [0.1, 0.15) is 10.6 Å². The van der Waals surface area contributed by atoms with E-state index in [2.05, 4.69) is 19.9 Å². The number of hydrogen-bond acceptors (Lipinski definition) is 7. The molecule has 1 fully saturated rings. The molecule has 1 saturated heterocycles. The van der Waals surface area contributed by atoms with Gasteiger partial charge in [0.15, 0.2) is 15.7 Å². The summed E-state index contributed by atoms with van der Waals surface area (Å²) in [6.45, 7) is 1.01. The fourth-order valence-electron chi connectivity index (χ4n) is 3.64. The number of hydrogen-bond donors (Lipinski definition) is 0. The van der Waals surface area contributed by atoms with Crippen LogP contribution in [0.15, 0.2) is 60.0 Å². The highest BCUT2D eigenvalue weighted by molar-refractivity contribution is 7.90. The minimum atomic E-state index is -3.53. The number of rotatable bonds is 4. The molecule has 0 aromatic carbocycles. The van der Waals surface area contributed by atoms with Gasteiger partial charge in [0.05, 0.1) is 5.69 Å². The van der Waals surface area contributed by atoms with E-state index in [1.807, 2.05) is 6.07 Å². The SMILES string of the molecule is CS(=O)(=O)c1cnc(-c2ccccn2)nc1C1CCCN(C(=O)c2ccncc2)C1. The molecule has 0 radical (unpaired) electrons. The van der Waals surface area contributed by atoms with Crippen LogP contribution in [0.5, 0.6) is 0 Å². The maximum absolute atomic E-state index is 12.9. The summed E-state index contributed by atoms with van der Waals surface area (Å²) in [5.41, 5.74) is 1.57. The van der Waals surface area contributed by atoms with Crippen molar-refractivity contribution >= 4 is 15.7 Å². The van der Waals surface area contributed by atoms with Gasteiger partial charge in [-0.3, -0.25) is 14.8 Å². The summed E-state index contributed by atoms with van der Waals surface area (Å²) in [7, 11) is -3.53. The number of carbonyl (C=O) groups excluding carboxylic acids is 1. The third kappa shape index (κ3) is 4.20. The highest BCUT2D eigenvalue weighted by Gasteiger charge is 2.30. The molecule has 154 valence electrons. The molecule has 1 aliphatic heterocycles. The number of amides is 1. The lowest BCUT2D eigenvalue weighted by molar-refractivity contribution is 0.0705. The van der Waals surface area contributed by atoms with Gasteiger partial charge in [0.25, 0.3) is 5.91 Å². The van der Waals surface area contributed by atoms with Crippen molar-refractivity contribution in [2.45, 2.75) is 23.7 Å². The minimum Gasteiger partial charge on any atom is -0.338 e. The Bertz CT molecular complexity index is 1150. The van der Waals surface area contributed by atoms with Gasteiger partial charge in [0.2, 0.25) is 0 Å². The third-order valence-corrected chi connectivity index (χ3v) is 6.21. The van der Waals surface area contributed by atoms with Crippen LogP contribution in [0.1, 0.15) is 34.8 Å². The Morgan fingerprint density at radius 3 is 2.60 bits per heavy atom. The zero-order valence-electron chi connectivity index (χ0n) is 16.5. The van der Waals surface area contributed by atoms with Gasteiger partial charge < -0.3 is 4.90 Å². The first-order valence-corrected chi connectivity index (χ1v) is 11.5. The largest absolute Gasteiger partial charge is 0.338 e. The zero-order valence-corrected chi connectivity index (χ0v) is 17.3. The number of aromatic nitrogens is 4. The number of sulfone groups is 1. The van der Waals surface area contributed by atoms with Crippen molar-refractivity contribution in [1.82, 2.24) is 24.8 Å². The highest BCUT2D eigenvalue weighted by Crippen LogP contribution is 2.31. The summed E-state index contributed by atoms with van der Waals surface area (Å²) in [6.07, 6.45) is 8.80. The summed E-state index contributed by atoms with van der Waals surface area (Å²) in [5, 5.41) is 0. The van der Waals surface area contributed by atoms with Gasteiger partial charge in [0, 0.05) is 55.6 Å². The second kappa shape index (κ2) is 8.27. The van der Waals surface area contributed by atoms with Crippen molar-refractivity contribution in [3.8, 4) is 11.5 Å². The zero-order chi connectivity index (χ0) is 21.1. The summed E-state index contributed by atoms with van der Waals surface area (Å²) in [4.78, 5) is 31.8. The first-order valence-electron chi connectivity index (χ1n) is 9.61. The predicted octanol–water partition coefficient (Wildman–Crippen LogP) is 2.36. The molecule has 0 aliphatic carbocycles. The van der Waals surface area contributed by atoms with Crippen LogP contribution in [0.4, 0.5) is 0 Å². The lowest BCUT2D eigenvalue weighted by atomic mass is 9.94. The van der Waals surface area contributed by atoms with E-state index >= 15 is 0 Å². The molecule has 0 spiro atoms. The standard InChI is InChI=1S/C21H21N5O3S/c1-30(28,29)18-13-24-20(17-6-2-3-9-23-17)25-19(18)16-5-4-12-26(14-16)21(27)15-7-10-22-11-8-15/h2-3,6-11,13,16H,4-5,12,14H2,1H3. The van der Waals surface area contributed by atoms with Crippen molar-refractivity contribution < 1.29 is 13.2 Å². The fraction of sp³-hybridized carbons (Fsp3) is 0.286. The quantitative estimate of drug-likeness (QED) is 0.634. The molecule has 0 N–H and O–H groups in total. The van der Waals surface area contributed by atoms with Crippen LogP contribution in [0.25, 0.3) is 11.5 Å². The molecule has 0 bridgehead atoms. The maximum Gasteiger partial charge on any atom is 0.253 e. The van der Waals surface area contributed by atoms with Gasteiger partial charge in [-0.2, -0.15) is 0 Å². The summed E-state index contributed by atoms with van der Waals surface area (Å²) in [6, 6.07) is 8.75. The van der Waals surface area contributed by atoms with Crippen molar-refractivity contribution in [2.24, 2.45) is 0 Å². The second-order valence-electron chi connectivity index (χ2n) is 7.26. The third-order valence-electron chi connectivity index (χ3n) is 5.10. The van der Waals surface area contributed by atoms with Gasteiger partial charge in [-0.25, -0.2) is 18.4 Å². The van der Waals surface area contributed by atoms with Crippen LogP contribution in [0.2, 0.25) is 0 Å². The van der Waals surface area contributed by atoms with Crippen LogP contribution in [-0.4, -0.2) is 58.5 Å². The molecule has 4 heterocycles. The molecular weight excluding hydrogens is 402 g/mol. The number of nitrogens with zero attached hydrogens (tertiary/aromatic N) is 5. The topological polar surface area (TPSA) is 106 Å². The number of piperidine rings is 1. The Kier molecular flexibility index (Phi) is 5.54. The predicted molar refractivity (Wildman–Crippen MR) is 110 cm³/mol. The number of likely N-dealkylation sites (tertiary alicyclic amines) is 1. The molecule has 3 aromatic heterocycles. The highest BCUT2D eigenvalue weighted by atomic mass is 32.2. The van der Waals surface area contributed by atoms with Crippen molar-refractivity contribution in [3.05, 3.63) is 66.4 Å². The Labute approximate surface area is 175 Å². The Hall–Kier alpha value is -3.20. The molecule has 30 heavy (non-hydrogen) atoms. The van der Waals surface area contributed by atoms with E-state index in [0.717, 1.165) is 19.1 Å². The molecule has 0 saturated carbocycles. The molecule has 1 unspecified atom stereocenters. The van der Waals surface area contributed by atoms with E-state index in [1.165, 1.54) is 6.20 Å². The lowest BCUT2D eigenvalue weighted by Gasteiger charge is -2.33. The molecule has 1 amide bonds. The van der Waals surface area contributed by atoms with Crippen LogP contribution in [-0.2, 0) is 9.84 Å². The Morgan fingerprint density at radius 2 is 1.90 bits per heavy atom. The smallest absolute Gasteiger partial charge is 0.253 e. The monoisotopic (exact) mass is 423 g/mol. The summed E-state index contributed by atoms with van der Waals surface area (Å²) >= 11 is 0. The van der Waals surface area contributed by atoms with Gasteiger partial charge in [-0.15, -0.1) is 0 Å². The van der Waals surface area contributed by atoms with Crippen LogP contribution in [0.3, 0.4) is 0 Å². The molecular formula is C21H21N5O3S. The second-order valence-corrected chi connectivity index (χ2v) is 9.24. The van der Waals surface area contributed by atoms with Crippen molar-refractivity contribution in [2.75, 3.05) is 19.3 Å². The van der Waals surface area contributed by atoms with Crippen LogP contribution < -0.4 is 0 Å². The first-order chi connectivity index (χ1) is 14.4. The Morgan fingerprint density at radius 1 is 1.10 bits per heavy atom. The first kappa shape index (κ1) is 20.1. The van der Waals surface area contributed by atoms with Gasteiger partial charge in [-0.1, -0.05) is 6.07 Å². The molecule has 9 heteroatoms. The molecule has 4 rings (SSSR count). The molecule has 1 aliphatic rings.